The number of nitrogens with one attached hydrogen (secondary N) is 1. The Bertz CT molecular complexity index is 424. The Kier molecular flexibility index (Phi) is 9.21. The first kappa shape index (κ1) is 17.4. The van der Waals surface area contributed by atoms with Gasteiger partial charge in [0.25, 0.3) is 0 Å². The number of benzene rings is 2. The summed E-state index contributed by atoms with van der Waals surface area (Å²) in [5.74, 6) is 1.18. The molecule has 0 fully saturated rings. The lowest BCUT2D eigenvalue weighted by Crippen LogP contribution is -2.09. The Hall–Kier alpha value is -1.61. The topological polar surface area (TPSA) is 50.7 Å². The monoisotopic (exact) mass is 307 g/mol. The molecule has 2 N–H and O–H groups in total. The van der Waals surface area contributed by atoms with Crippen molar-refractivity contribution < 1.29 is 13.9 Å². The van der Waals surface area contributed by atoms with Crippen LogP contribution in [0.3, 0.4) is 0 Å². The quantitative estimate of drug-likeness (QED) is 0.793. The highest BCUT2D eigenvalue weighted by atomic mass is 31.2. The maximum atomic E-state index is 9.58. The van der Waals surface area contributed by atoms with E-state index >= 15 is 0 Å². The second-order valence-electron chi connectivity index (χ2n) is 4.00. The predicted octanol–water partition coefficient (Wildman–Crippen LogP) is 3.98. The van der Waals surface area contributed by atoms with Crippen LogP contribution in [0.1, 0.15) is 13.8 Å². The van der Waals surface area contributed by atoms with Gasteiger partial charge in [0.2, 0.25) is 0 Å². The molecule has 0 heterocycles. The predicted molar refractivity (Wildman–Crippen MR) is 87.5 cm³/mol. The lowest BCUT2D eigenvalue weighted by molar-refractivity contribution is 0.382. The lowest BCUT2D eigenvalue weighted by atomic mass is 10.3. The summed E-state index contributed by atoms with van der Waals surface area (Å²) in [6, 6.07) is 18.2. The van der Waals surface area contributed by atoms with Gasteiger partial charge in [0.15, 0.2) is 0 Å². The van der Waals surface area contributed by atoms with Crippen LogP contribution in [-0.2, 0) is 0 Å². The lowest BCUT2D eigenvalue weighted by Gasteiger charge is -2.11. The summed E-state index contributed by atoms with van der Waals surface area (Å²) < 4.78 is 10.4. The first-order chi connectivity index (χ1) is 10.3. The molecule has 2 aromatic rings. The van der Waals surface area contributed by atoms with Crippen molar-refractivity contribution in [3.8, 4) is 11.5 Å². The molecular weight excluding hydrogens is 285 g/mol. The van der Waals surface area contributed by atoms with Crippen molar-refractivity contribution in [1.82, 2.24) is 5.32 Å². The fraction of sp³-hybridized carbons (Fsp3) is 0.250. The molecule has 0 radical (unpaired) electrons. The summed E-state index contributed by atoms with van der Waals surface area (Å²) >= 11 is 0. The van der Waals surface area contributed by atoms with E-state index in [1.807, 2.05) is 36.4 Å². The molecule has 114 valence electrons. The first-order valence-corrected chi connectivity index (χ1v) is 8.05. The Balaban J connectivity index is 0.000000383. The molecule has 0 bridgehead atoms. The van der Waals surface area contributed by atoms with Gasteiger partial charge in [-0.1, -0.05) is 50.2 Å². The number of para-hydroxylation sites is 2. The highest BCUT2D eigenvalue weighted by Crippen LogP contribution is 2.35. The minimum absolute atomic E-state index is 0.590. The van der Waals surface area contributed by atoms with Crippen LogP contribution in [-0.4, -0.2) is 18.0 Å². The van der Waals surface area contributed by atoms with E-state index in [-0.39, 0.29) is 0 Å². The van der Waals surface area contributed by atoms with Gasteiger partial charge >= 0.3 is 8.60 Å². The minimum atomic E-state index is -1.93. The molecule has 0 aliphatic rings. The highest BCUT2D eigenvalue weighted by Gasteiger charge is 2.10. The fourth-order valence-corrected chi connectivity index (χ4v) is 2.05. The van der Waals surface area contributed by atoms with Crippen molar-refractivity contribution in [1.29, 1.82) is 0 Å². The van der Waals surface area contributed by atoms with Crippen molar-refractivity contribution in [2.24, 2.45) is 0 Å². The Labute approximate surface area is 127 Å². The molecule has 0 aliphatic heterocycles. The van der Waals surface area contributed by atoms with Gasteiger partial charge in [0.1, 0.15) is 11.5 Å². The van der Waals surface area contributed by atoms with E-state index in [0.717, 1.165) is 13.1 Å². The highest BCUT2D eigenvalue weighted by molar-refractivity contribution is 7.41. The zero-order chi connectivity index (χ0) is 15.3. The zero-order valence-electron chi connectivity index (χ0n) is 12.4. The van der Waals surface area contributed by atoms with Crippen LogP contribution in [0.25, 0.3) is 0 Å². The van der Waals surface area contributed by atoms with Crippen LogP contribution < -0.4 is 14.4 Å². The number of rotatable bonds is 6. The molecule has 0 aromatic heterocycles. The smallest absolute Gasteiger partial charge is 0.418 e. The average molecular weight is 307 g/mol. The molecule has 0 aliphatic carbocycles. The molecule has 0 saturated carbocycles. The molecule has 0 atom stereocenters. The average Bonchev–Trinajstić information content (AvgIpc) is 2.50. The third-order valence-corrected chi connectivity index (χ3v) is 3.09. The second kappa shape index (κ2) is 11.1. The van der Waals surface area contributed by atoms with Crippen LogP contribution in [0.5, 0.6) is 11.5 Å². The van der Waals surface area contributed by atoms with Crippen LogP contribution in [0.2, 0.25) is 0 Å². The number of hydrogen-bond donors (Lipinski definition) is 2. The third kappa shape index (κ3) is 8.30. The van der Waals surface area contributed by atoms with Gasteiger partial charge in [0, 0.05) is 0 Å². The van der Waals surface area contributed by atoms with E-state index in [4.69, 9.17) is 9.05 Å². The van der Waals surface area contributed by atoms with E-state index in [1.54, 1.807) is 24.3 Å². The SMILES string of the molecule is CCNCC.OP(Oc1ccccc1)Oc1ccccc1. The van der Waals surface area contributed by atoms with Gasteiger partial charge in [-0.15, -0.1) is 0 Å². The summed E-state index contributed by atoms with van der Waals surface area (Å²) in [7, 11) is -1.93. The molecule has 0 saturated heterocycles. The van der Waals surface area contributed by atoms with Crippen LogP contribution in [0.4, 0.5) is 0 Å². The molecule has 21 heavy (non-hydrogen) atoms. The molecule has 0 unspecified atom stereocenters. The van der Waals surface area contributed by atoms with Gasteiger partial charge in [-0.05, 0) is 37.4 Å². The minimum Gasteiger partial charge on any atom is -0.418 e. The van der Waals surface area contributed by atoms with Crippen molar-refractivity contribution in [2.75, 3.05) is 13.1 Å². The fourth-order valence-electron chi connectivity index (χ4n) is 1.41. The first-order valence-electron chi connectivity index (χ1n) is 6.92. The molecule has 5 heteroatoms. The van der Waals surface area contributed by atoms with E-state index < -0.39 is 8.60 Å². The van der Waals surface area contributed by atoms with Crippen molar-refractivity contribution in [2.45, 2.75) is 13.8 Å². The van der Waals surface area contributed by atoms with Gasteiger partial charge in [-0.2, -0.15) is 0 Å². The molecule has 0 spiro atoms. The maximum Gasteiger partial charge on any atom is 0.460 e. The van der Waals surface area contributed by atoms with E-state index in [0.29, 0.717) is 11.5 Å². The van der Waals surface area contributed by atoms with E-state index in [1.165, 1.54) is 0 Å². The molecule has 4 nitrogen and oxygen atoms in total. The maximum absolute atomic E-state index is 9.58. The summed E-state index contributed by atoms with van der Waals surface area (Å²) in [5.41, 5.74) is 0. The third-order valence-electron chi connectivity index (χ3n) is 2.35. The van der Waals surface area contributed by atoms with Crippen LogP contribution in [0.15, 0.2) is 60.7 Å². The van der Waals surface area contributed by atoms with Crippen LogP contribution >= 0.6 is 8.60 Å². The van der Waals surface area contributed by atoms with Gasteiger partial charge in [-0.25, -0.2) is 0 Å². The van der Waals surface area contributed by atoms with Gasteiger partial charge in [0.05, 0.1) is 0 Å². The van der Waals surface area contributed by atoms with Gasteiger partial charge in [-0.3, -0.25) is 0 Å². The second-order valence-corrected chi connectivity index (χ2v) is 4.84. The summed E-state index contributed by atoms with van der Waals surface area (Å²) in [4.78, 5) is 9.58. The Morgan fingerprint density at radius 1 is 0.810 bits per heavy atom. The molecule has 2 aromatic carbocycles. The summed E-state index contributed by atoms with van der Waals surface area (Å²) in [6.07, 6.45) is 0. The van der Waals surface area contributed by atoms with Crippen molar-refractivity contribution in [3.05, 3.63) is 60.7 Å². The Morgan fingerprint density at radius 3 is 1.48 bits per heavy atom. The molecule has 0 amide bonds. The Morgan fingerprint density at radius 2 is 1.19 bits per heavy atom. The van der Waals surface area contributed by atoms with Gasteiger partial charge < -0.3 is 19.3 Å². The molecular formula is C16H22NO3P. The normalized spacial score (nSPS) is 9.71. The number of hydrogen-bond acceptors (Lipinski definition) is 4. The van der Waals surface area contributed by atoms with Crippen LogP contribution in [0, 0.1) is 0 Å². The standard InChI is InChI=1S/C12H11O3P.C4H11N/c13-16(14-11-7-3-1-4-8-11)15-12-9-5-2-6-10-12;1-3-5-4-2/h1-10,13H;5H,3-4H2,1-2H3. The van der Waals surface area contributed by atoms with Crippen molar-refractivity contribution >= 4 is 8.60 Å². The van der Waals surface area contributed by atoms with E-state index in [9.17, 15) is 4.89 Å². The molecule has 2 rings (SSSR count). The summed E-state index contributed by atoms with van der Waals surface area (Å²) in [6.45, 7) is 6.39. The zero-order valence-corrected chi connectivity index (χ0v) is 13.3. The van der Waals surface area contributed by atoms with E-state index in [2.05, 4.69) is 19.2 Å². The largest absolute Gasteiger partial charge is 0.460 e. The summed E-state index contributed by atoms with van der Waals surface area (Å²) in [5, 5.41) is 3.11. The van der Waals surface area contributed by atoms with Crippen molar-refractivity contribution in [3.63, 3.8) is 0 Å².